The van der Waals surface area contributed by atoms with Crippen molar-refractivity contribution in [2.75, 3.05) is 0 Å². The maximum atomic E-state index is 13.4. The number of nitrogens with zero attached hydrogens (tertiary/aromatic N) is 2. The third-order valence-electron chi connectivity index (χ3n) is 7.10. The second-order valence-corrected chi connectivity index (χ2v) is 11.5. The number of benzene rings is 4. The van der Waals surface area contributed by atoms with Gasteiger partial charge in [-0.25, -0.2) is 4.79 Å². The summed E-state index contributed by atoms with van der Waals surface area (Å²) in [6.45, 7) is 1.02. The summed E-state index contributed by atoms with van der Waals surface area (Å²) in [5.74, 6) is -0.710. The fourth-order valence-corrected chi connectivity index (χ4v) is 5.82. The van der Waals surface area contributed by atoms with E-state index in [0.29, 0.717) is 28.6 Å². The number of carbonyl (C=O) groups excluding carboxylic acids is 2. The largest absolute Gasteiger partial charge is 0.489 e. The van der Waals surface area contributed by atoms with Crippen molar-refractivity contribution in [1.82, 2.24) is 9.47 Å². The number of imide groups is 1. The summed E-state index contributed by atoms with van der Waals surface area (Å²) in [5, 5.41) is 10.3. The highest BCUT2D eigenvalue weighted by molar-refractivity contribution is 8.18. The van der Waals surface area contributed by atoms with E-state index in [0.717, 1.165) is 45.2 Å². The summed E-state index contributed by atoms with van der Waals surface area (Å²) in [4.78, 5) is 38.9. The van der Waals surface area contributed by atoms with E-state index in [1.807, 2.05) is 78.9 Å². The Morgan fingerprint density at radius 2 is 1.53 bits per heavy atom. The number of carbonyl (C=O) groups is 3. The number of halogens is 1. The molecule has 1 N–H and O–H groups in total. The number of carboxylic acid groups (broad SMARTS) is 1. The molecule has 6 rings (SSSR count). The molecule has 0 saturated carbocycles. The van der Waals surface area contributed by atoms with E-state index < -0.39 is 11.9 Å². The van der Waals surface area contributed by atoms with Crippen LogP contribution in [0.4, 0.5) is 4.79 Å². The molecule has 43 heavy (non-hydrogen) atoms. The first-order valence-corrected chi connectivity index (χ1v) is 14.7. The zero-order valence-corrected chi connectivity index (χ0v) is 24.3. The van der Waals surface area contributed by atoms with Crippen LogP contribution in [0.5, 0.6) is 5.75 Å². The molecule has 214 valence electrons. The van der Waals surface area contributed by atoms with Gasteiger partial charge >= 0.3 is 5.97 Å². The van der Waals surface area contributed by atoms with Crippen LogP contribution in [0.3, 0.4) is 0 Å². The summed E-state index contributed by atoms with van der Waals surface area (Å²) in [6, 6.07) is 31.5. The highest BCUT2D eigenvalue weighted by atomic mass is 35.5. The number of carboxylic acids is 1. The van der Waals surface area contributed by atoms with E-state index >= 15 is 0 Å². The van der Waals surface area contributed by atoms with Gasteiger partial charge in [0, 0.05) is 28.2 Å². The standard InChI is InChI=1S/C34H25ClN2O5S/c35-27-12-8-23(9-13-27)19-36-28(16-26-17-29(14-15-30(26)36)42-21-24-4-2-1-3-5-24)18-31-32(38)37(34(41)43-31)20-22-6-10-25(11-7-22)33(39)40/h1-18H,19-21H2,(H,39,40)/b31-18-. The summed E-state index contributed by atoms with van der Waals surface area (Å²) in [7, 11) is 0. The molecule has 5 aromatic rings. The Balaban J connectivity index is 1.30. The topological polar surface area (TPSA) is 88.8 Å². The Kier molecular flexibility index (Phi) is 8.05. The van der Waals surface area contributed by atoms with Gasteiger partial charge in [-0.3, -0.25) is 14.5 Å². The Labute approximate surface area is 257 Å². The molecule has 0 atom stereocenters. The molecule has 0 bridgehead atoms. The molecule has 1 saturated heterocycles. The lowest BCUT2D eigenvalue weighted by atomic mass is 10.1. The summed E-state index contributed by atoms with van der Waals surface area (Å²) in [5.41, 5.74) is 4.61. The zero-order chi connectivity index (χ0) is 29.9. The molecule has 0 radical (unpaired) electrons. The van der Waals surface area contributed by atoms with E-state index in [2.05, 4.69) is 4.57 Å². The van der Waals surface area contributed by atoms with Gasteiger partial charge in [0.05, 0.1) is 17.0 Å². The normalized spacial score (nSPS) is 14.2. The molecule has 0 unspecified atom stereocenters. The minimum absolute atomic E-state index is 0.0534. The van der Waals surface area contributed by atoms with Gasteiger partial charge in [0.1, 0.15) is 12.4 Å². The number of fused-ring (bicyclic) bond motifs is 1. The van der Waals surface area contributed by atoms with Gasteiger partial charge in [0.25, 0.3) is 11.1 Å². The van der Waals surface area contributed by atoms with Gasteiger partial charge in [-0.15, -0.1) is 0 Å². The highest BCUT2D eigenvalue weighted by Gasteiger charge is 2.35. The first-order chi connectivity index (χ1) is 20.8. The Hall–Kier alpha value is -4.79. The number of ether oxygens (including phenoxy) is 1. The molecule has 1 aromatic heterocycles. The van der Waals surface area contributed by atoms with Gasteiger partial charge in [-0.1, -0.05) is 66.2 Å². The minimum atomic E-state index is -1.04. The molecule has 7 nitrogen and oxygen atoms in total. The van der Waals surface area contributed by atoms with Gasteiger partial charge in [-0.05, 0) is 83.1 Å². The van der Waals surface area contributed by atoms with Gasteiger partial charge < -0.3 is 14.4 Å². The molecular weight excluding hydrogens is 584 g/mol. The summed E-state index contributed by atoms with van der Waals surface area (Å²) >= 11 is 7.00. The third-order valence-corrected chi connectivity index (χ3v) is 8.26. The lowest BCUT2D eigenvalue weighted by Gasteiger charge is -2.13. The van der Waals surface area contributed by atoms with Gasteiger partial charge in [0.15, 0.2) is 0 Å². The lowest BCUT2D eigenvalue weighted by Crippen LogP contribution is -2.27. The van der Waals surface area contributed by atoms with Crippen LogP contribution >= 0.6 is 23.4 Å². The van der Waals surface area contributed by atoms with Crippen LogP contribution in [0.25, 0.3) is 17.0 Å². The molecule has 2 heterocycles. The molecular formula is C34H25ClN2O5S. The smallest absolute Gasteiger partial charge is 0.335 e. The van der Waals surface area contributed by atoms with Crippen LogP contribution < -0.4 is 4.74 Å². The summed E-state index contributed by atoms with van der Waals surface area (Å²) < 4.78 is 8.15. The fraction of sp³-hybridized carbons (Fsp3) is 0.0882. The van der Waals surface area contributed by atoms with Crippen molar-refractivity contribution >= 4 is 57.5 Å². The second kappa shape index (κ2) is 12.2. The van der Waals surface area contributed by atoms with Gasteiger partial charge in [-0.2, -0.15) is 0 Å². The van der Waals surface area contributed by atoms with Crippen molar-refractivity contribution in [2.45, 2.75) is 19.7 Å². The van der Waals surface area contributed by atoms with E-state index in [9.17, 15) is 14.4 Å². The number of aromatic carboxylic acids is 1. The van der Waals surface area contributed by atoms with Crippen LogP contribution in [0.2, 0.25) is 5.02 Å². The van der Waals surface area contributed by atoms with Crippen LogP contribution in [0.15, 0.2) is 108 Å². The molecule has 1 fully saturated rings. The van der Waals surface area contributed by atoms with E-state index in [4.69, 9.17) is 21.4 Å². The first-order valence-electron chi connectivity index (χ1n) is 13.5. The minimum Gasteiger partial charge on any atom is -0.489 e. The molecule has 4 aromatic carbocycles. The number of amides is 2. The van der Waals surface area contributed by atoms with Crippen molar-refractivity contribution < 1.29 is 24.2 Å². The van der Waals surface area contributed by atoms with Crippen LogP contribution in [-0.4, -0.2) is 31.7 Å². The quantitative estimate of drug-likeness (QED) is 0.171. The predicted molar refractivity (Wildman–Crippen MR) is 168 cm³/mol. The highest BCUT2D eigenvalue weighted by Crippen LogP contribution is 2.35. The van der Waals surface area contributed by atoms with Crippen molar-refractivity contribution in [3.63, 3.8) is 0 Å². The lowest BCUT2D eigenvalue weighted by molar-refractivity contribution is -0.123. The Bertz CT molecular complexity index is 1870. The van der Waals surface area contributed by atoms with E-state index in [1.54, 1.807) is 18.2 Å². The maximum Gasteiger partial charge on any atom is 0.335 e. The summed E-state index contributed by atoms with van der Waals surface area (Å²) in [6.07, 6.45) is 1.75. The average molecular weight is 609 g/mol. The third kappa shape index (κ3) is 6.35. The average Bonchev–Trinajstić information content (AvgIpc) is 3.48. The maximum absolute atomic E-state index is 13.4. The van der Waals surface area contributed by atoms with Crippen LogP contribution in [-0.2, 0) is 24.5 Å². The van der Waals surface area contributed by atoms with Crippen molar-refractivity contribution in [3.05, 3.63) is 141 Å². The number of hydrogen-bond donors (Lipinski definition) is 1. The predicted octanol–water partition coefficient (Wildman–Crippen LogP) is 7.86. The monoisotopic (exact) mass is 608 g/mol. The SMILES string of the molecule is O=C(O)c1ccc(CN2C(=O)S/C(=C\c3cc4cc(OCc5ccccc5)ccc4n3Cc3ccc(Cl)cc3)C2=O)cc1. The Morgan fingerprint density at radius 3 is 2.26 bits per heavy atom. The first kappa shape index (κ1) is 28.3. The van der Waals surface area contributed by atoms with Crippen LogP contribution in [0.1, 0.15) is 32.7 Å². The fourth-order valence-electron chi connectivity index (χ4n) is 4.88. The molecule has 0 aliphatic carbocycles. The van der Waals surface area contributed by atoms with Gasteiger partial charge in [0.2, 0.25) is 0 Å². The second-order valence-electron chi connectivity index (χ2n) is 10.0. The van der Waals surface area contributed by atoms with Crippen LogP contribution in [0, 0.1) is 0 Å². The van der Waals surface area contributed by atoms with Crippen molar-refractivity contribution in [3.8, 4) is 5.75 Å². The Morgan fingerprint density at radius 1 is 0.837 bits per heavy atom. The zero-order valence-electron chi connectivity index (χ0n) is 22.8. The van der Waals surface area contributed by atoms with E-state index in [-0.39, 0.29) is 17.3 Å². The van der Waals surface area contributed by atoms with E-state index in [1.165, 1.54) is 17.0 Å². The molecule has 9 heteroatoms. The number of thioether (sulfide) groups is 1. The van der Waals surface area contributed by atoms with Crippen molar-refractivity contribution in [2.24, 2.45) is 0 Å². The molecule has 2 amide bonds. The molecule has 0 spiro atoms. The molecule has 1 aliphatic heterocycles. The number of aromatic nitrogens is 1. The number of hydrogen-bond acceptors (Lipinski definition) is 5. The molecule has 1 aliphatic rings. The number of rotatable bonds is 9. The van der Waals surface area contributed by atoms with Crippen molar-refractivity contribution in [1.29, 1.82) is 0 Å².